The van der Waals surface area contributed by atoms with Crippen LogP contribution in [0.2, 0.25) is 0 Å². The zero-order chi connectivity index (χ0) is 34.2. The lowest BCUT2D eigenvalue weighted by Crippen LogP contribution is -2.30. The summed E-state index contributed by atoms with van der Waals surface area (Å²) in [5.74, 6) is 0.288. The fraction of sp³-hybridized carbons (Fsp3) is 0.690. The molecule has 0 radical (unpaired) electrons. The highest BCUT2D eigenvalue weighted by molar-refractivity contribution is 5.73. The zero-order valence-corrected chi connectivity index (χ0v) is 30.9. The lowest BCUT2D eigenvalue weighted by atomic mass is 9.70. The molecule has 0 saturated heterocycles. The summed E-state index contributed by atoms with van der Waals surface area (Å²) in [6, 6.07) is 11.4. The smallest absolute Gasteiger partial charge is 0.307 e. The van der Waals surface area contributed by atoms with Gasteiger partial charge < -0.3 is 14.9 Å². The van der Waals surface area contributed by atoms with E-state index in [0.29, 0.717) is 6.61 Å². The van der Waals surface area contributed by atoms with Gasteiger partial charge in [0.15, 0.2) is 0 Å². The summed E-state index contributed by atoms with van der Waals surface area (Å²) in [6.07, 6.45) is 21.2. The molecule has 0 saturated carbocycles. The number of esters is 1. The molecule has 46 heavy (non-hydrogen) atoms. The van der Waals surface area contributed by atoms with Gasteiger partial charge in [0, 0.05) is 5.41 Å². The van der Waals surface area contributed by atoms with E-state index in [1.54, 1.807) is 12.1 Å². The van der Waals surface area contributed by atoms with E-state index in [0.717, 1.165) is 35.1 Å². The average Bonchev–Trinajstić information content (AvgIpc) is 2.97. The number of rotatable bonds is 21. The molecule has 2 rings (SSSR count). The second-order valence-corrected chi connectivity index (χ2v) is 16.0. The largest absolute Gasteiger partial charge is 0.508 e. The monoisotopic (exact) mass is 637 g/mol. The zero-order valence-electron chi connectivity index (χ0n) is 30.9. The van der Waals surface area contributed by atoms with E-state index in [-0.39, 0.29) is 34.7 Å². The van der Waals surface area contributed by atoms with Gasteiger partial charge in [-0.25, -0.2) is 0 Å². The number of ether oxygens (including phenoxy) is 1. The van der Waals surface area contributed by atoms with E-state index in [1.165, 1.54) is 89.9 Å². The van der Waals surface area contributed by atoms with Gasteiger partial charge in [-0.15, -0.1) is 0 Å². The molecule has 0 aliphatic heterocycles. The quantitative estimate of drug-likeness (QED) is 0.106. The van der Waals surface area contributed by atoms with Crippen molar-refractivity contribution in [2.45, 2.75) is 181 Å². The van der Waals surface area contributed by atoms with Crippen LogP contribution in [0.25, 0.3) is 0 Å². The summed E-state index contributed by atoms with van der Waals surface area (Å²) in [5.41, 5.74) is 2.34. The molecule has 4 heteroatoms. The summed E-state index contributed by atoms with van der Waals surface area (Å²) in [7, 11) is 0. The number of unbranched alkanes of at least 4 members (excludes halogenated alkanes) is 15. The van der Waals surface area contributed by atoms with Gasteiger partial charge in [-0.05, 0) is 51.6 Å². The Bertz CT molecular complexity index is 1100. The molecule has 0 unspecified atom stereocenters. The summed E-state index contributed by atoms with van der Waals surface area (Å²) in [4.78, 5) is 13.3. The number of carbonyl (C=O) groups is 1. The topological polar surface area (TPSA) is 66.8 Å². The van der Waals surface area contributed by atoms with E-state index >= 15 is 0 Å². The van der Waals surface area contributed by atoms with Crippen molar-refractivity contribution in [2.75, 3.05) is 6.61 Å². The molecular weight excluding hydrogens is 568 g/mol. The van der Waals surface area contributed by atoms with Crippen LogP contribution >= 0.6 is 0 Å². The summed E-state index contributed by atoms with van der Waals surface area (Å²) >= 11 is 0. The van der Waals surface area contributed by atoms with E-state index in [2.05, 4.69) is 55.4 Å². The molecule has 0 bridgehead atoms. The molecule has 0 atom stereocenters. The Labute approximate surface area is 282 Å². The number of hydrogen-bond donors (Lipinski definition) is 2. The molecule has 4 nitrogen and oxygen atoms in total. The fourth-order valence-corrected chi connectivity index (χ4v) is 6.51. The summed E-state index contributed by atoms with van der Waals surface area (Å²) < 4.78 is 5.80. The maximum atomic E-state index is 13.3. The minimum absolute atomic E-state index is 0.175. The number of hydrogen-bond acceptors (Lipinski definition) is 4. The Morgan fingerprint density at radius 1 is 0.565 bits per heavy atom. The first-order valence-corrected chi connectivity index (χ1v) is 18.5. The Kier molecular flexibility index (Phi) is 16.7. The van der Waals surface area contributed by atoms with Crippen molar-refractivity contribution in [3.8, 4) is 11.5 Å². The van der Waals surface area contributed by atoms with Gasteiger partial charge in [0.2, 0.25) is 0 Å². The van der Waals surface area contributed by atoms with Crippen LogP contribution in [0.4, 0.5) is 0 Å². The third-order valence-corrected chi connectivity index (χ3v) is 9.64. The lowest BCUT2D eigenvalue weighted by molar-refractivity contribution is -0.144. The van der Waals surface area contributed by atoms with E-state index < -0.39 is 5.41 Å². The Balaban J connectivity index is 1.87. The number of phenolic OH excluding ortho intramolecular Hbond substituents is 2. The highest BCUT2D eigenvalue weighted by Crippen LogP contribution is 2.43. The number of carbonyl (C=O) groups excluding carboxylic acids is 1. The summed E-state index contributed by atoms with van der Waals surface area (Å²) in [6.45, 7) is 17.3. The third kappa shape index (κ3) is 13.3. The number of aromatic hydroxyl groups is 2. The van der Waals surface area contributed by atoms with Gasteiger partial charge in [0.1, 0.15) is 11.5 Å². The van der Waals surface area contributed by atoms with Crippen molar-refractivity contribution in [1.29, 1.82) is 0 Å². The van der Waals surface area contributed by atoms with Crippen molar-refractivity contribution in [1.82, 2.24) is 0 Å². The molecule has 0 aliphatic carbocycles. The van der Waals surface area contributed by atoms with Crippen LogP contribution in [-0.4, -0.2) is 22.8 Å². The first-order chi connectivity index (χ1) is 21.7. The van der Waals surface area contributed by atoms with Crippen molar-refractivity contribution in [2.24, 2.45) is 0 Å². The fourth-order valence-electron chi connectivity index (χ4n) is 6.51. The van der Waals surface area contributed by atoms with Crippen LogP contribution in [-0.2, 0) is 25.8 Å². The normalized spacial score (nSPS) is 12.4. The van der Waals surface area contributed by atoms with Crippen molar-refractivity contribution in [3.05, 3.63) is 58.7 Å². The first kappa shape index (κ1) is 39.7. The predicted octanol–water partition coefficient (Wildman–Crippen LogP) is 12.2. The van der Waals surface area contributed by atoms with Crippen LogP contribution in [0.1, 0.15) is 187 Å². The average molecular weight is 637 g/mol. The first-order valence-electron chi connectivity index (χ1n) is 18.5. The minimum atomic E-state index is -0.701. The maximum absolute atomic E-state index is 13.3. The van der Waals surface area contributed by atoms with Crippen LogP contribution < -0.4 is 0 Å². The van der Waals surface area contributed by atoms with E-state index in [9.17, 15) is 15.0 Å². The van der Waals surface area contributed by atoms with Crippen molar-refractivity contribution >= 4 is 5.97 Å². The number of benzene rings is 2. The van der Waals surface area contributed by atoms with Gasteiger partial charge in [0.25, 0.3) is 0 Å². The molecule has 260 valence electrons. The summed E-state index contributed by atoms with van der Waals surface area (Å²) in [5, 5.41) is 21.3. The van der Waals surface area contributed by atoms with Crippen LogP contribution in [0.15, 0.2) is 36.4 Å². The maximum Gasteiger partial charge on any atom is 0.307 e. The Morgan fingerprint density at radius 3 is 1.26 bits per heavy atom. The van der Waals surface area contributed by atoms with Gasteiger partial charge in [-0.3, -0.25) is 4.79 Å². The van der Waals surface area contributed by atoms with Gasteiger partial charge in [-0.1, -0.05) is 176 Å². The van der Waals surface area contributed by atoms with Gasteiger partial charge in [0.05, 0.1) is 13.0 Å². The molecule has 0 spiro atoms. The van der Waals surface area contributed by atoms with Crippen molar-refractivity contribution < 1.29 is 19.7 Å². The van der Waals surface area contributed by atoms with Crippen LogP contribution in [0, 0.1) is 0 Å². The van der Waals surface area contributed by atoms with Crippen LogP contribution in [0.5, 0.6) is 11.5 Å². The highest BCUT2D eigenvalue weighted by atomic mass is 16.5. The van der Waals surface area contributed by atoms with Gasteiger partial charge in [-0.2, -0.15) is 0 Å². The molecule has 2 N–H and O–H groups in total. The molecule has 0 aliphatic rings. The molecule has 2 aromatic carbocycles. The standard InChI is InChI=1S/C42H68O4/c1-9-10-11-12-13-14-15-16-17-18-19-20-21-22-23-24-29-46-39(45)32-42(8,33-25-27-37(43)35(30-33)40(2,3)4)34-26-28-38(44)36(31-34)41(5,6)7/h25-28,30-31,43-44H,9-24,29,32H2,1-8H3. The second kappa shape index (κ2) is 19.4. The molecule has 2 aromatic rings. The molecule has 0 aromatic heterocycles. The third-order valence-electron chi connectivity index (χ3n) is 9.64. The van der Waals surface area contributed by atoms with Gasteiger partial charge >= 0.3 is 5.97 Å². The number of phenols is 2. The lowest BCUT2D eigenvalue weighted by Gasteiger charge is -2.33. The second-order valence-electron chi connectivity index (χ2n) is 16.0. The van der Waals surface area contributed by atoms with Crippen molar-refractivity contribution in [3.63, 3.8) is 0 Å². The SMILES string of the molecule is CCCCCCCCCCCCCCCCCCOC(=O)CC(C)(c1ccc(O)c(C(C)(C)C)c1)c1ccc(O)c(C(C)(C)C)c1. The molecule has 0 fully saturated rings. The Hall–Kier alpha value is -2.49. The van der Waals surface area contributed by atoms with E-state index in [4.69, 9.17) is 4.74 Å². The minimum Gasteiger partial charge on any atom is -0.508 e. The predicted molar refractivity (Wildman–Crippen MR) is 195 cm³/mol. The molecule has 0 amide bonds. The molecule has 0 heterocycles. The Morgan fingerprint density at radius 2 is 0.913 bits per heavy atom. The van der Waals surface area contributed by atoms with E-state index in [1.807, 2.05) is 24.3 Å². The van der Waals surface area contributed by atoms with Crippen LogP contribution in [0.3, 0.4) is 0 Å². The molecular formula is C42H68O4. The highest BCUT2D eigenvalue weighted by Gasteiger charge is 2.35.